The van der Waals surface area contributed by atoms with Crippen molar-refractivity contribution in [3.63, 3.8) is 0 Å². The normalized spacial score (nSPS) is 19.9. The van der Waals surface area contributed by atoms with Gasteiger partial charge in [-0.2, -0.15) is 0 Å². The maximum absolute atomic E-state index is 14.7. The van der Waals surface area contributed by atoms with E-state index in [1.165, 1.54) is 44.9 Å². The maximum Gasteiger partial charge on any atom is 0.163 e. The highest BCUT2D eigenvalue weighted by atomic mass is 19.1. The second-order valence-corrected chi connectivity index (χ2v) is 9.77. The summed E-state index contributed by atoms with van der Waals surface area (Å²) in [6.07, 6.45) is 11.6. The maximum atomic E-state index is 14.7. The Morgan fingerprint density at radius 3 is 2.29 bits per heavy atom. The number of benzene rings is 2. The quantitative estimate of drug-likeness (QED) is 0.350. The minimum atomic E-state index is -0.181. The summed E-state index contributed by atoms with van der Waals surface area (Å²) in [4.78, 5) is 12.8. The molecule has 0 aromatic heterocycles. The van der Waals surface area contributed by atoms with Gasteiger partial charge >= 0.3 is 0 Å². The van der Waals surface area contributed by atoms with Crippen LogP contribution in [-0.4, -0.2) is 5.78 Å². The molecule has 1 atom stereocenters. The molecule has 1 fully saturated rings. The van der Waals surface area contributed by atoms with Crippen LogP contribution in [0.15, 0.2) is 42.5 Å². The molecule has 2 heteroatoms. The lowest BCUT2D eigenvalue weighted by molar-refractivity contribution is 0.0942. The molecular weight excluding hydrogens is 383 g/mol. The zero-order valence-corrected chi connectivity index (χ0v) is 19.6. The predicted octanol–water partition coefficient (Wildman–Crippen LogP) is 8.65. The summed E-state index contributed by atoms with van der Waals surface area (Å²) >= 11 is 0. The molecule has 168 valence electrons. The van der Waals surface area contributed by atoms with E-state index in [-0.39, 0.29) is 11.6 Å². The van der Waals surface area contributed by atoms with E-state index < -0.39 is 0 Å². The van der Waals surface area contributed by atoms with Crippen LogP contribution in [0.1, 0.15) is 94.5 Å². The van der Waals surface area contributed by atoms with E-state index in [0.717, 1.165) is 35.4 Å². The molecule has 1 unspecified atom stereocenters. The van der Waals surface area contributed by atoms with Crippen LogP contribution in [0.4, 0.5) is 4.39 Å². The fraction of sp³-hybridized carbons (Fsp3) is 0.552. The molecule has 1 nitrogen and oxygen atoms in total. The van der Waals surface area contributed by atoms with E-state index >= 15 is 0 Å². The van der Waals surface area contributed by atoms with Crippen molar-refractivity contribution in [3.8, 4) is 11.1 Å². The van der Waals surface area contributed by atoms with Crippen molar-refractivity contribution >= 4 is 5.78 Å². The molecule has 0 saturated heterocycles. The van der Waals surface area contributed by atoms with Crippen molar-refractivity contribution in [2.24, 2.45) is 17.8 Å². The zero-order valence-electron chi connectivity index (χ0n) is 19.6. The Kier molecular flexibility index (Phi) is 8.87. The van der Waals surface area contributed by atoms with Crippen LogP contribution in [0.2, 0.25) is 0 Å². The van der Waals surface area contributed by atoms with Gasteiger partial charge in [-0.3, -0.25) is 4.79 Å². The van der Waals surface area contributed by atoms with E-state index in [9.17, 15) is 9.18 Å². The Hall–Kier alpha value is -1.96. The molecule has 1 saturated carbocycles. The SMILES string of the molecule is CCCCC1CCC(CC(=O)c2ccc(-c3ccc(CC(C)CC)cc3F)cc2)CC1. The molecule has 1 aliphatic rings. The fourth-order valence-corrected chi connectivity index (χ4v) is 4.90. The van der Waals surface area contributed by atoms with Gasteiger partial charge in [0.05, 0.1) is 0 Å². The standard InChI is InChI=1S/C29H39FO/c1-4-6-7-22-8-10-23(11-9-22)20-29(31)26-15-13-25(14-16-26)27-17-12-24(19-28(27)30)18-21(3)5-2/h12-17,19,21-23H,4-11,18,20H2,1-3H3. The Balaban J connectivity index is 1.57. The highest BCUT2D eigenvalue weighted by molar-refractivity contribution is 5.96. The lowest BCUT2D eigenvalue weighted by Gasteiger charge is -2.28. The summed E-state index contributed by atoms with van der Waals surface area (Å²) in [5.74, 6) is 2.01. The highest BCUT2D eigenvalue weighted by Gasteiger charge is 2.23. The Bertz CT molecular complexity index is 830. The molecule has 0 bridgehead atoms. The summed E-state index contributed by atoms with van der Waals surface area (Å²) in [5.41, 5.74) is 3.25. The summed E-state index contributed by atoms with van der Waals surface area (Å²) in [6.45, 7) is 6.61. The van der Waals surface area contributed by atoms with Crippen LogP contribution >= 0.6 is 0 Å². The average molecular weight is 423 g/mol. The van der Waals surface area contributed by atoms with Crippen molar-refractivity contribution in [1.82, 2.24) is 0 Å². The fourth-order valence-electron chi connectivity index (χ4n) is 4.90. The largest absolute Gasteiger partial charge is 0.294 e. The first-order valence-electron chi connectivity index (χ1n) is 12.4. The average Bonchev–Trinajstić information content (AvgIpc) is 2.79. The Labute approximate surface area is 188 Å². The van der Waals surface area contributed by atoms with Crippen LogP contribution in [-0.2, 0) is 6.42 Å². The van der Waals surface area contributed by atoms with Crippen LogP contribution in [0, 0.1) is 23.6 Å². The first-order chi connectivity index (χ1) is 15.0. The summed E-state index contributed by atoms with van der Waals surface area (Å²) in [7, 11) is 0. The van der Waals surface area contributed by atoms with Crippen molar-refractivity contribution in [2.75, 3.05) is 0 Å². The minimum Gasteiger partial charge on any atom is -0.294 e. The van der Waals surface area contributed by atoms with Crippen LogP contribution in [0.3, 0.4) is 0 Å². The molecule has 0 aliphatic heterocycles. The number of carbonyl (C=O) groups is 1. The number of rotatable bonds is 10. The molecule has 2 aromatic carbocycles. The van der Waals surface area contributed by atoms with Crippen molar-refractivity contribution < 1.29 is 9.18 Å². The number of unbranched alkanes of at least 4 members (excludes halogenated alkanes) is 1. The summed E-state index contributed by atoms with van der Waals surface area (Å²) in [5, 5.41) is 0. The van der Waals surface area contributed by atoms with Gasteiger partial charge in [-0.1, -0.05) is 95.7 Å². The van der Waals surface area contributed by atoms with Gasteiger partial charge in [0.2, 0.25) is 0 Å². The molecule has 3 rings (SSSR count). The van der Waals surface area contributed by atoms with Crippen LogP contribution in [0.5, 0.6) is 0 Å². The number of halogens is 1. The third kappa shape index (κ3) is 6.76. The van der Waals surface area contributed by atoms with Crippen LogP contribution in [0.25, 0.3) is 11.1 Å². The summed E-state index contributed by atoms with van der Waals surface area (Å²) < 4.78 is 14.7. The van der Waals surface area contributed by atoms with E-state index in [1.807, 2.05) is 36.4 Å². The Morgan fingerprint density at radius 2 is 1.68 bits per heavy atom. The molecule has 0 spiro atoms. The first-order valence-corrected chi connectivity index (χ1v) is 12.4. The predicted molar refractivity (Wildman–Crippen MR) is 129 cm³/mol. The Morgan fingerprint density at radius 1 is 1.00 bits per heavy atom. The lowest BCUT2D eigenvalue weighted by atomic mass is 9.77. The topological polar surface area (TPSA) is 17.1 Å². The van der Waals surface area contributed by atoms with E-state index in [0.29, 0.717) is 23.8 Å². The number of carbonyl (C=O) groups excluding carboxylic acids is 1. The molecule has 0 N–H and O–H groups in total. The second kappa shape index (κ2) is 11.6. The number of ketones is 1. The van der Waals surface area contributed by atoms with Gasteiger partial charge in [0.25, 0.3) is 0 Å². The number of hydrogen-bond donors (Lipinski definition) is 0. The molecule has 0 radical (unpaired) electrons. The minimum absolute atomic E-state index is 0.181. The summed E-state index contributed by atoms with van der Waals surface area (Å²) in [6, 6.07) is 13.1. The third-order valence-corrected chi connectivity index (χ3v) is 7.24. The van der Waals surface area contributed by atoms with Gasteiger partial charge in [-0.15, -0.1) is 0 Å². The van der Waals surface area contributed by atoms with Gasteiger partial charge in [-0.25, -0.2) is 4.39 Å². The molecule has 2 aromatic rings. The smallest absolute Gasteiger partial charge is 0.163 e. The van der Waals surface area contributed by atoms with E-state index in [1.54, 1.807) is 6.07 Å². The van der Waals surface area contributed by atoms with Gasteiger partial charge in [0, 0.05) is 17.5 Å². The van der Waals surface area contributed by atoms with Crippen LogP contribution < -0.4 is 0 Å². The van der Waals surface area contributed by atoms with Crippen molar-refractivity contribution in [2.45, 2.75) is 85.0 Å². The van der Waals surface area contributed by atoms with Gasteiger partial charge in [-0.05, 0) is 54.2 Å². The molecule has 0 amide bonds. The van der Waals surface area contributed by atoms with E-state index in [4.69, 9.17) is 0 Å². The lowest BCUT2D eigenvalue weighted by Crippen LogP contribution is -2.17. The molecule has 1 aliphatic carbocycles. The third-order valence-electron chi connectivity index (χ3n) is 7.24. The number of Topliss-reactive ketones (excluding diaryl/α,β-unsaturated/α-hetero) is 1. The van der Waals surface area contributed by atoms with Crippen molar-refractivity contribution in [3.05, 3.63) is 59.4 Å². The van der Waals surface area contributed by atoms with Gasteiger partial charge < -0.3 is 0 Å². The first kappa shape index (κ1) is 23.7. The van der Waals surface area contributed by atoms with Crippen molar-refractivity contribution in [1.29, 1.82) is 0 Å². The van der Waals surface area contributed by atoms with Gasteiger partial charge in [0.15, 0.2) is 5.78 Å². The second-order valence-electron chi connectivity index (χ2n) is 9.77. The molecule has 0 heterocycles. The number of hydrogen-bond acceptors (Lipinski definition) is 1. The molecule has 31 heavy (non-hydrogen) atoms. The van der Waals surface area contributed by atoms with Gasteiger partial charge in [0.1, 0.15) is 5.82 Å². The highest BCUT2D eigenvalue weighted by Crippen LogP contribution is 2.34. The molecular formula is C29H39FO. The monoisotopic (exact) mass is 422 g/mol. The van der Waals surface area contributed by atoms with E-state index in [2.05, 4.69) is 20.8 Å². The zero-order chi connectivity index (χ0) is 22.2.